The maximum absolute atomic E-state index is 12.8. The van der Waals surface area contributed by atoms with Gasteiger partial charge in [-0.25, -0.2) is 8.42 Å². The number of carbonyl (C=O) groups excluding carboxylic acids is 2. The quantitative estimate of drug-likeness (QED) is 0.769. The first-order valence-corrected chi connectivity index (χ1v) is 10.7. The van der Waals surface area contributed by atoms with Crippen molar-refractivity contribution in [2.45, 2.75) is 25.6 Å². The third-order valence-electron chi connectivity index (χ3n) is 4.46. The molecule has 0 fully saturated rings. The Bertz CT molecular complexity index is 944. The molecule has 0 saturated heterocycles. The van der Waals surface area contributed by atoms with E-state index in [0.29, 0.717) is 17.8 Å². The number of aromatic nitrogens is 1. The van der Waals surface area contributed by atoms with Crippen molar-refractivity contribution in [2.75, 3.05) is 12.0 Å². The molecule has 3 rings (SSSR count). The van der Waals surface area contributed by atoms with E-state index in [2.05, 4.69) is 10.3 Å². The molecule has 7 nitrogen and oxygen atoms in total. The van der Waals surface area contributed by atoms with Gasteiger partial charge in [-0.3, -0.25) is 14.6 Å². The van der Waals surface area contributed by atoms with Crippen LogP contribution in [0.5, 0.6) is 0 Å². The Balaban J connectivity index is 1.77. The lowest BCUT2D eigenvalue weighted by Gasteiger charge is -2.26. The van der Waals surface area contributed by atoms with Crippen molar-refractivity contribution < 1.29 is 18.0 Å². The maximum atomic E-state index is 12.8. The summed E-state index contributed by atoms with van der Waals surface area (Å²) in [7, 11) is -3.26. The van der Waals surface area contributed by atoms with Gasteiger partial charge in [0.1, 0.15) is 15.9 Å². The zero-order valence-corrected chi connectivity index (χ0v) is 15.8. The van der Waals surface area contributed by atoms with E-state index in [1.807, 2.05) is 18.2 Å². The van der Waals surface area contributed by atoms with Crippen molar-refractivity contribution >= 4 is 21.7 Å². The highest BCUT2D eigenvalue weighted by atomic mass is 32.2. The summed E-state index contributed by atoms with van der Waals surface area (Å²) in [4.78, 5) is 31.1. The first-order valence-electron chi connectivity index (χ1n) is 8.59. The van der Waals surface area contributed by atoms with E-state index >= 15 is 0 Å². The molecule has 1 unspecified atom stereocenters. The van der Waals surface area contributed by atoms with E-state index in [1.54, 1.807) is 30.5 Å². The standard InChI is InChI=1S/C19H21N3O4S/c1-27(25,26)11-9-17(18(23)21-12-15-7-4-5-10-20-15)22-13-14-6-2-3-8-16(14)19(22)24/h2-8,10,17H,9,11-13H2,1H3,(H,21,23). The lowest BCUT2D eigenvalue weighted by atomic mass is 10.1. The van der Waals surface area contributed by atoms with Gasteiger partial charge in [0.25, 0.3) is 5.91 Å². The molecule has 1 atom stereocenters. The summed E-state index contributed by atoms with van der Waals surface area (Å²) in [6, 6.07) is 11.7. The molecular formula is C19H21N3O4S. The van der Waals surface area contributed by atoms with Gasteiger partial charge in [-0.2, -0.15) is 0 Å². The molecule has 142 valence electrons. The van der Waals surface area contributed by atoms with Crippen LogP contribution in [0.4, 0.5) is 0 Å². The fourth-order valence-electron chi connectivity index (χ4n) is 3.08. The van der Waals surface area contributed by atoms with Crippen LogP contribution in [0.25, 0.3) is 0 Å². The highest BCUT2D eigenvalue weighted by molar-refractivity contribution is 7.90. The van der Waals surface area contributed by atoms with Gasteiger partial charge < -0.3 is 10.2 Å². The van der Waals surface area contributed by atoms with E-state index in [1.165, 1.54) is 4.90 Å². The Hall–Kier alpha value is -2.74. The average molecular weight is 387 g/mol. The summed E-state index contributed by atoms with van der Waals surface area (Å²) in [6.45, 7) is 0.504. The van der Waals surface area contributed by atoms with Gasteiger partial charge in [0, 0.05) is 24.6 Å². The van der Waals surface area contributed by atoms with Crippen molar-refractivity contribution in [1.82, 2.24) is 15.2 Å². The molecule has 0 radical (unpaired) electrons. The number of sulfone groups is 1. The number of benzene rings is 1. The molecule has 1 aromatic heterocycles. The summed E-state index contributed by atoms with van der Waals surface area (Å²) in [6.07, 6.45) is 2.80. The zero-order chi connectivity index (χ0) is 19.4. The summed E-state index contributed by atoms with van der Waals surface area (Å²) < 4.78 is 23.2. The van der Waals surface area contributed by atoms with Gasteiger partial charge in [-0.1, -0.05) is 24.3 Å². The molecule has 0 bridgehead atoms. The van der Waals surface area contributed by atoms with Crippen LogP contribution in [0.1, 0.15) is 28.0 Å². The summed E-state index contributed by atoms with van der Waals surface area (Å²) >= 11 is 0. The number of hydrogen-bond acceptors (Lipinski definition) is 5. The van der Waals surface area contributed by atoms with E-state index in [-0.39, 0.29) is 30.5 Å². The predicted molar refractivity (Wildman–Crippen MR) is 101 cm³/mol. The Labute approximate surface area is 158 Å². The Morgan fingerprint density at radius 2 is 1.96 bits per heavy atom. The molecule has 0 aliphatic carbocycles. The van der Waals surface area contributed by atoms with Crippen molar-refractivity contribution in [3.63, 3.8) is 0 Å². The third-order valence-corrected chi connectivity index (χ3v) is 5.44. The van der Waals surface area contributed by atoms with E-state index < -0.39 is 15.9 Å². The van der Waals surface area contributed by atoms with Gasteiger partial charge >= 0.3 is 0 Å². The second-order valence-electron chi connectivity index (χ2n) is 6.56. The smallest absolute Gasteiger partial charge is 0.255 e. The molecule has 27 heavy (non-hydrogen) atoms. The summed E-state index contributed by atoms with van der Waals surface area (Å²) in [5.74, 6) is -0.808. The molecule has 0 saturated carbocycles. The van der Waals surface area contributed by atoms with Gasteiger partial charge in [-0.05, 0) is 30.2 Å². The van der Waals surface area contributed by atoms with Crippen LogP contribution in [0.15, 0.2) is 48.7 Å². The number of pyridine rings is 1. The minimum Gasteiger partial charge on any atom is -0.349 e. The van der Waals surface area contributed by atoms with Crippen LogP contribution in [0, 0.1) is 0 Å². The molecular weight excluding hydrogens is 366 g/mol. The Kier molecular flexibility index (Phi) is 5.55. The molecule has 2 heterocycles. The van der Waals surface area contributed by atoms with Crippen LogP contribution < -0.4 is 5.32 Å². The highest BCUT2D eigenvalue weighted by Gasteiger charge is 2.36. The lowest BCUT2D eigenvalue weighted by molar-refractivity contribution is -0.126. The SMILES string of the molecule is CS(=O)(=O)CCC(C(=O)NCc1ccccn1)N1Cc2ccccc2C1=O. The number of fused-ring (bicyclic) bond motifs is 1. The number of nitrogens with one attached hydrogen (secondary N) is 1. The first kappa shape index (κ1) is 19.0. The van der Waals surface area contributed by atoms with Crippen molar-refractivity contribution in [3.05, 3.63) is 65.5 Å². The molecule has 1 aliphatic rings. The molecule has 8 heteroatoms. The number of nitrogens with zero attached hydrogens (tertiary/aromatic N) is 2. The second-order valence-corrected chi connectivity index (χ2v) is 8.82. The van der Waals surface area contributed by atoms with Crippen molar-refractivity contribution in [1.29, 1.82) is 0 Å². The van der Waals surface area contributed by atoms with E-state index in [4.69, 9.17) is 0 Å². The van der Waals surface area contributed by atoms with Gasteiger partial charge in [0.2, 0.25) is 5.91 Å². The number of rotatable bonds is 7. The Morgan fingerprint density at radius 1 is 1.22 bits per heavy atom. The van der Waals surface area contributed by atoms with E-state index in [9.17, 15) is 18.0 Å². The van der Waals surface area contributed by atoms with Gasteiger partial charge in [0.15, 0.2) is 0 Å². The zero-order valence-electron chi connectivity index (χ0n) is 15.0. The molecule has 1 aromatic carbocycles. The molecule has 1 aliphatic heterocycles. The molecule has 2 amide bonds. The highest BCUT2D eigenvalue weighted by Crippen LogP contribution is 2.25. The normalized spacial score (nSPS) is 14.7. The van der Waals surface area contributed by atoms with Gasteiger partial charge in [-0.15, -0.1) is 0 Å². The minimum absolute atomic E-state index is 0.0482. The molecule has 1 N–H and O–H groups in total. The van der Waals surface area contributed by atoms with Crippen LogP contribution in [0.3, 0.4) is 0 Å². The van der Waals surface area contributed by atoms with Crippen LogP contribution in [-0.2, 0) is 27.7 Å². The minimum atomic E-state index is -3.26. The summed E-state index contributed by atoms with van der Waals surface area (Å²) in [5, 5.41) is 2.77. The third kappa shape index (κ3) is 4.71. The fourth-order valence-corrected chi connectivity index (χ4v) is 3.73. The fraction of sp³-hybridized carbons (Fsp3) is 0.316. The number of amides is 2. The second kappa shape index (κ2) is 7.87. The number of carbonyl (C=O) groups is 2. The van der Waals surface area contributed by atoms with E-state index in [0.717, 1.165) is 11.8 Å². The maximum Gasteiger partial charge on any atom is 0.255 e. The van der Waals surface area contributed by atoms with Crippen LogP contribution in [0.2, 0.25) is 0 Å². The molecule has 2 aromatic rings. The van der Waals surface area contributed by atoms with Crippen LogP contribution >= 0.6 is 0 Å². The predicted octanol–water partition coefficient (Wildman–Crippen LogP) is 1.16. The van der Waals surface area contributed by atoms with Crippen molar-refractivity contribution in [3.8, 4) is 0 Å². The molecule has 0 spiro atoms. The van der Waals surface area contributed by atoms with Crippen molar-refractivity contribution in [2.24, 2.45) is 0 Å². The van der Waals surface area contributed by atoms with Crippen LogP contribution in [-0.4, -0.2) is 48.2 Å². The largest absolute Gasteiger partial charge is 0.349 e. The first-order chi connectivity index (χ1) is 12.8. The Morgan fingerprint density at radius 3 is 2.63 bits per heavy atom. The van der Waals surface area contributed by atoms with Gasteiger partial charge in [0.05, 0.1) is 18.0 Å². The average Bonchev–Trinajstić information content (AvgIpc) is 2.97. The lowest BCUT2D eigenvalue weighted by Crippen LogP contribution is -2.47. The summed E-state index contributed by atoms with van der Waals surface area (Å²) in [5.41, 5.74) is 2.08. The topological polar surface area (TPSA) is 96.4 Å². The number of hydrogen-bond donors (Lipinski definition) is 1. The monoisotopic (exact) mass is 387 g/mol.